The number of aliphatic hydroxyl groups is 1. The van der Waals surface area contributed by atoms with Crippen molar-refractivity contribution in [2.75, 3.05) is 13.2 Å². The van der Waals surface area contributed by atoms with E-state index in [0.717, 1.165) is 12.1 Å². The molecule has 0 amide bonds. The van der Waals surface area contributed by atoms with E-state index >= 15 is 0 Å². The molecule has 0 aliphatic rings. The van der Waals surface area contributed by atoms with Gasteiger partial charge in [-0.25, -0.2) is 4.99 Å². The van der Waals surface area contributed by atoms with Gasteiger partial charge in [-0.15, -0.1) is 13.2 Å². The fourth-order valence-corrected chi connectivity index (χ4v) is 1.21. The van der Waals surface area contributed by atoms with E-state index in [0.29, 0.717) is 12.0 Å². The van der Waals surface area contributed by atoms with Crippen molar-refractivity contribution in [3.63, 3.8) is 0 Å². The highest BCUT2D eigenvalue weighted by atomic mass is 19.4. The summed E-state index contributed by atoms with van der Waals surface area (Å²) in [6.07, 6.45) is -4.32. The maximum Gasteiger partial charge on any atom is 0.573 e. The highest BCUT2D eigenvalue weighted by Gasteiger charge is 2.30. The first-order valence-electron chi connectivity index (χ1n) is 5.60. The summed E-state index contributed by atoms with van der Waals surface area (Å²) in [6, 6.07) is 4.97. The average molecular weight is 290 g/mol. The zero-order valence-electron chi connectivity index (χ0n) is 10.4. The van der Waals surface area contributed by atoms with Gasteiger partial charge in [-0.1, -0.05) is 5.16 Å². The van der Waals surface area contributed by atoms with Gasteiger partial charge in [0.25, 0.3) is 0 Å². The van der Waals surface area contributed by atoms with Gasteiger partial charge in [0.05, 0.1) is 0 Å². The lowest BCUT2D eigenvalue weighted by Gasteiger charge is -2.09. The van der Waals surface area contributed by atoms with E-state index in [-0.39, 0.29) is 24.8 Å². The number of ether oxygens (including phenoxy) is 1. The molecule has 1 aromatic rings. The number of aliphatic hydroxyl groups excluding tert-OH is 1. The normalized spacial score (nSPS) is 12.1. The molecule has 1 rings (SSSR count). The molecular weight excluding hydrogens is 277 g/mol. The Labute approximate surface area is 113 Å². The van der Waals surface area contributed by atoms with Gasteiger partial charge in [0.15, 0.2) is 5.84 Å². The molecule has 5 nitrogen and oxygen atoms in total. The number of rotatable bonds is 6. The standard InChI is InChI=1S/C12H13F3N2O3/c1-16-11(17-19-8-2-7-18)9-3-5-10(6-4-9)20-12(13,14)15/h3-6,18H,1-2,7-8H2/b17-11-. The molecule has 0 unspecified atom stereocenters. The van der Waals surface area contributed by atoms with E-state index in [9.17, 15) is 13.2 Å². The fraction of sp³-hybridized carbons (Fsp3) is 0.333. The SMILES string of the molecule is C=N/C(=N\OCCCO)c1ccc(OC(F)(F)F)cc1. The highest BCUT2D eigenvalue weighted by Crippen LogP contribution is 2.22. The van der Waals surface area contributed by atoms with Gasteiger partial charge in [0.2, 0.25) is 0 Å². The molecule has 0 spiro atoms. The molecule has 0 fully saturated rings. The minimum atomic E-state index is -4.73. The van der Waals surface area contributed by atoms with Crippen molar-refractivity contribution in [1.82, 2.24) is 0 Å². The van der Waals surface area contributed by atoms with E-state index in [1.807, 2.05) is 0 Å². The van der Waals surface area contributed by atoms with Crippen LogP contribution < -0.4 is 4.74 Å². The molecule has 20 heavy (non-hydrogen) atoms. The summed E-state index contributed by atoms with van der Waals surface area (Å²) in [7, 11) is 0. The second-order valence-corrected chi connectivity index (χ2v) is 3.56. The van der Waals surface area contributed by atoms with Crippen LogP contribution in [0.1, 0.15) is 12.0 Å². The number of benzene rings is 1. The van der Waals surface area contributed by atoms with Gasteiger partial charge in [-0.05, 0) is 31.0 Å². The Morgan fingerprint density at radius 2 is 1.90 bits per heavy atom. The molecule has 8 heteroatoms. The van der Waals surface area contributed by atoms with Crippen molar-refractivity contribution in [3.8, 4) is 5.75 Å². The Kier molecular flexibility index (Phi) is 5.98. The molecular formula is C12H13F3N2O3. The lowest BCUT2D eigenvalue weighted by molar-refractivity contribution is -0.274. The number of nitrogens with zero attached hydrogens (tertiary/aromatic N) is 2. The molecule has 1 N–H and O–H groups in total. The van der Waals surface area contributed by atoms with Crippen LogP contribution in [0.15, 0.2) is 34.4 Å². The number of hydrogen-bond donors (Lipinski definition) is 1. The van der Waals surface area contributed by atoms with Gasteiger partial charge >= 0.3 is 6.36 Å². The largest absolute Gasteiger partial charge is 0.573 e. The van der Waals surface area contributed by atoms with Crippen LogP contribution in [0.25, 0.3) is 0 Å². The zero-order chi connectivity index (χ0) is 15.0. The van der Waals surface area contributed by atoms with E-state index in [4.69, 9.17) is 9.94 Å². The molecule has 0 aliphatic carbocycles. The van der Waals surface area contributed by atoms with Crippen LogP contribution in [0.3, 0.4) is 0 Å². The first-order valence-corrected chi connectivity index (χ1v) is 5.60. The molecule has 110 valence electrons. The van der Waals surface area contributed by atoms with Crippen molar-refractivity contribution < 1.29 is 27.9 Å². The Morgan fingerprint density at radius 1 is 1.25 bits per heavy atom. The van der Waals surface area contributed by atoms with Crippen molar-refractivity contribution in [2.24, 2.45) is 10.1 Å². The first-order chi connectivity index (χ1) is 9.46. The number of aliphatic imine (C=N–C) groups is 1. The summed E-state index contributed by atoms with van der Waals surface area (Å²) in [6.45, 7) is 3.46. The van der Waals surface area contributed by atoms with E-state index in [2.05, 4.69) is 21.6 Å². The van der Waals surface area contributed by atoms with Crippen LogP contribution >= 0.6 is 0 Å². The van der Waals surface area contributed by atoms with Crippen LogP contribution in [-0.2, 0) is 4.84 Å². The molecule has 0 atom stereocenters. The van der Waals surface area contributed by atoms with Crippen molar-refractivity contribution in [2.45, 2.75) is 12.8 Å². The second-order valence-electron chi connectivity index (χ2n) is 3.56. The van der Waals surface area contributed by atoms with Gasteiger partial charge in [-0.2, -0.15) is 0 Å². The molecule has 0 bridgehead atoms. The predicted octanol–water partition coefficient (Wildman–Crippen LogP) is 2.35. The smallest absolute Gasteiger partial charge is 0.406 e. The summed E-state index contributed by atoms with van der Waals surface area (Å²) in [5.41, 5.74) is 0.429. The summed E-state index contributed by atoms with van der Waals surface area (Å²) < 4.78 is 39.7. The molecule has 0 aliphatic heterocycles. The fourth-order valence-electron chi connectivity index (χ4n) is 1.21. The topological polar surface area (TPSA) is 63.4 Å². The van der Waals surface area contributed by atoms with Gasteiger partial charge in [-0.3, -0.25) is 0 Å². The zero-order valence-corrected chi connectivity index (χ0v) is 10.4. The Morgan fingerprint density at radius 3 is 2.40 bits per heavy atom. The number of hydrogen-bond acceptors (Lipinski definition) is 4. The number of amidine groups is 1. The van der Waals surface area contributed by atoms with Crippen LogP contribution in [0.5, 0.6) is 5.75 Å². The Hall–Kier alpha value is -2.09. The monoisotopic (exact) mass is 290 g/mol. The summed E-state index contributed by atoms with van der Waals surface area (Å²) in [4.78, 5) is 8.48. The quantitative estimate of drug-likeness (QED) is 0.378. The van der Waals surface area contributed by atoms with Crippen molar-refractivity contribution in [3.05, 3.63) is 29.8 Å². The molecule has 0 saturated heterocycles. The number of halogens is 3. The summed E-state index contributed by atoms with van der Waals surface area (Å²) in [5.74, 6) is -0.215. The highest BCUT2D eigenvalue weighted by molar-refractivity contribution is 6.01. The Bertz CT molecular complexity index is 458. The van der Waals surface area contributed by atoms with Gasteiger partial charge in [0, 0.05) is 18.6 Å². The third kappa shape index (κ3) is 5.70. The third-order valence-electron chi connectivity index (χ3n) is 2.04. The number of oxime groups is 1. The summed E-state index contributed by atoms with van der Waals surface area (Å²) >= 11 is 0. The van der Waals surface area contributed by atoms with Crippen LogP contribution in [0.2, 0.25) is 0 Å². The van der Waals surface area contributed by atoms with Crippen molar-refractivity contribution in [1.29, 1.82) is 0 Å². The maximum absolute atomic E-state index is 12.0. The molecule has 0 heterocycles. The van der Waals surface area contributed by atoms with Gasteiger partial charge in [0.1, 0.15) is 12.4 Å². The average Bonchev–Trinajstić information content (AvgIpc) is 2.38. The Balaban J connectivity index is 2.72. The van der Waals surface area contributed by atoms with Gasteiger partial charge < -0.3 is 14.7 Å². The van der Waals surface area contributed by atoms with Crippen molar-refractivity contribution >= 4 is 12.6 Å². The molecule has 0 radical (unpaired) electrons. The number of alkyl halides is 3. The van der Waals surface area contributed by atoms with E-state index in [1.165, 1.54) is 12.1 Å². The summed E-state index contributed by atoms with van der Waals surface area (Å²) in [5, 5.41) is 12.2. The molecule has 0 aromatic heterocycles. The minimum Gasteiger partial charge on any atom is -0.406 e. The maximum atomic E-state index is 12.0. The van der Waals surface area contributed by atoms with Crippen LogP contribution in [-0.4, -0.2) is 37.2 Å². The van der Waals surface area contributed by atoms with E-state index < -0.39 is 6.36 Å². The lowest BCUT2D eigenvalue weighted by atomic mass is 10.2. The molecule has 0 saturated carbocycles. The first kappa shape index (κ1) is 16.0. The minimum absolute atomic E-state index is 0.0319. The second kappa shape index (κ2) is 7.49. The lowest BCUT2D eigenvalue weighted by Crippen LogP contribution is -2.17. The molecule has 1 aromatic carbocycles. The predicted molar refractivity (Wildman–Crippen MR) is 66.9 cm³/mol. The van der Waals surface area contributed by atoms with E-state index in [1.54, 1.807) is 0 Å². The van der Waals surface area contributed by atoms with Crippen LogP contribution in [0.4, 0.5) is 13.2 Å². The third-order valence-corrected chi connectivity index (χ3v) is 2.04. The van der Waals surface area contributed by atoms with Crippen LogP contribution in [0, 0.1) is 0 Å².